The molecule has 0 spiro atoms. The van der Waals surface area contributed by atoms with Crippen molar-refractivity contribution < 1.29 is 0 Å². The number of hydrogen-bond acceptors (Lipinski definition) is 2. The SMILES string of the molecule is Cc1cccc(N2CCCN2)c1. The fraction of sp³-hybridized carbons (Fsp3) is 0.400. The normalized spacial score (nSPS) is 16.9. The molecule has 0 unspecified atom stereocenters. The summed E-state index contributed by atoms with van der Waals surface area (Å²) in [5.74, 6) is 0. The molecule has 0 saturated carbocycles. The summed E-state index contributed by atoms with van der Waals surface area (Å²) in [6.45, 7) is 4.36. The fourth-order valence-electron chi connectivity index (χ4n) is 1.55. The third-order valence-electron chi connectivity index (χ3n) is 2.17. The largest absolute Gasteiger partial charge is 0.308 e. The molecule has 1 N–H and O–H groups in total. The van der Waals surface area contributed by atoms with Gasteiger partial charge in [-0.2, -0.15) is 0 Å². The van der Waals surface area contributed by atoms with E-state index in [1.807, 2.05) is 0 Å². The molecule has 1 aromatic rings. The summed E-state index contributed by atoms with van der Waals surface area (Å²) in [7, 11) is 0. The Balaban J connectivity index is 2.21. The van der Waals surface area contributed by atoms with Gasteiger partial charge >= 0.3 is 0 Å². The van der Waals surface area contributed by atoms with Crippen LogP contribution in [0.5, 0.6) is 0 Å². The molecule has 0 atom stereocenters. The average molecular weight is 162 g/mol. The lowest BCUT2D eigenvalue weighted by Crippen LogP contribution is -2.30. The Morgan fingerprint density at radius 1 is 1.42 bits per heavy atom. The van der Waals surface area contributed by atoms with Crippen LogP contribution in [0.25, 0.3) is 0 Å². The smallest absolute Gasteiger partial charge is 0.0522 e. The molecule has 0 aliphatic carbocycles. The molecular weight excluding hydrogens is 148 g/mol. The minimum atomic E-state index is 1.11. The van der Waals surface area contributed by atoms with E-state index in [1.165, 1.54) is 17.7 Å². The highest BCUT2D eigenvalue weighted by Gasteiger charge is 2.10. The maximum absolute atomic E-state index is 3.33. The molecule has 0 radical (unpaired) electrons. The van der Waals surface area contributed by atoms with Crippen molar-refractivity contribution in [3.05, 3.63) is 29.8 Å². The zero-order valence-corrected chi connectivity index (χ0v) is 7.38. The highest BCUT2D eigenvalue weighted by Crippen LogP contribution is 2.16. The van der Waals surface area contributed by atoms with Crippen LogP contribution < -0.4 is 10.4 Å². The number of nitrogens with zero attached hydrogens (tertiary/aromatic N) is 1. The lowest BCUT2D eigenvalue weighted by Gasteiger charge is -2.17. The third kappa shape index (κ3) is 1.43. The van der Waals surface area contributed by atoms with E-state index in [9.17, 15) is 0 Å². The predicted molar refractivity (Wildman–Crippen MR) is 51.1 cm³/mol. The first-order valence-electron chi connectivity index (χ1n) is 4.44. The summed E-state index contributed by atoms with van der Waals surface area (Å²) >= 11 is 0. The predicted octanol–water partition coefficient (Wildman–Crippen LogP) is 1.71. The van der Waals surface area contributed by atoms with Gasteiger partial charge in [0.25, 0.3) is 0 Å². The van der Waals surface area contributed by atoms with Gasteiger partial charge in [0.05, 0.1) is 5.69 Å². The fourth-order valence-corrected chi connectivity index (χ4v) is 1.55. The molecule has 1 heterocycles. The van der Waals surface area contributed by atoms with E-state index < -0.39 is 0 Å². The molecule has 2 nitrogen and oxygen atoms in total. The number of hydrogen-bond donors (Lipinski definition) is 1. The van der Waals surface area contributed by atoms with Crippen LogP contribution in [0.15, 0.2) is 24.3 Å². The van der Waals surface area contributed by atoms with E-state index in [2.05, 4.69) is 41.6 Å². The summed E-state index contributed by atoms with van der Waals surface area (Å²) in [4.78, 5) is 0. The van der Waals surface area contributed by atoms with Crippen LogP contribution >= 0.6 is 0 Å². The van der Waals surface area contributed by atoms with Gasteiger partial charge in [-0.05, 0) is 31.0 Å². The van der Waals surface area contributed by atoms with Gasteiger partial charge in [0.1, 0.15) is 0 Å². The molecule has 12 heavy (non-hydrogen) atoms. The van der Waals surface area contributed by atoms with Crippen molar-refractivity contribution in [2.24, 2.45) is 0 Å². The Hall–Kier alpha value is -1.02. The van der Waals surface area contributed by atoms with Crippen LogP contribution in [-0.2, 0) is 0 Å². The molecule has 0 aromatic heterocycles. The Bertz CT molecular complexity index is 264. The molecule has 1 aromatic carbocycles. The molecule has 2 rings (SSSR count). The maximum Gasteiger partial charge on any atom is 0.0522 e. The quantitative estimate of drug-likeness (QED) is 0.676. The van der Waals surface area contributed by atoms with E-state index >= 15 is 0 Å². The number of aryl methyl sites for hydroxylation is 1. The second-order valence-corrected chi connectivity index (χ2v) is 3.25. The zero-order valence-electron chi connectivity index (χ0n) is 7.38. The van der Waals surface area contributed by atoms with Crippen LogP contribution in [0.3, 0.4) is 0 Å². The van der Waals surface area contributed by atoms with Crippen molar-refractivity contribution in [1.29, 1.82) is 0 Å². The number of benzene rings is 1. The summed E-state index contributed by atoms with van der Waals surface area (Å²) in [5.41, 5.74) is 5.94. The van der Waals surface area contributed by atoms with E-state index in [0.717, 1.165) is 13.1 Å². The summed E-state index contributed by atoms with van der Waals surface area (Å²) in [5, 5.41) is 2.22. The molecule has 1 fully saturated rings. The molecule has 64 valence electrons. The first-order valence-corrected chi connectivity index (χ1v) is 4.44. The van der Waals surface area contributed by atoms with E-state index in [4.69, 9.17) is 0 Å². The second-order valence-electron chi connectivity index (χ2n) is 3.25. The molecule has 0 amide bonds. The monoisotopic (exact) mass is 162 g/mol. The number of hydrazine groups is 1. The van der Waals surface area contributed by atoms with E-state index in [0.29, 0.717) is 0 Å². The van der Waals surface area contributed by atoms with Crippen molar-refractivity contribution in [3.8, 4) is 0 Å². The van der Waals surface area contributed by atoms with Crippen LogP contribution in [0.2, 0.25) is 0 Å². The van der Waals surface area contributed by atoms with E-state index in [-0.39, 0.29) is 0 Å². The van der Waals surface area contributed by atoms with Gasteiger partial charge in [0.15, 0.2) is 0 Å². The van der Waals surface area contributed by atoms with Gasteiger partial charge < -0.3 is 5.01 Å². The number of rotatable bonds is 1. The zero-order chi connectivity index (χ0) is 8.39. The summed E-state index contributed by atoms with van der Waals surface area (Å²) < 4.78 is 0. The van der Waals surface area contributed by atoms with Gasteiger partial charge in [-0.3, -0.25) is 0 Å². The van der Waals surface area contributed by atoms with Crippen LogP contribution in [0.4, 0.5) is 5.69 Å². The topological polar surface area (TPSA) is 15.3 Å². The van der Waals surface area contributed by atoms with Crippen molar-refractivity contribution in [1.82, 2.24) is 5.43 Å². The third-order valence-corrected chi connectivity index (χ3v) is 2.17. The molecular formula is C10H14N2. The Labute approximate surface area is 73.2 Å². The summed E-state index contributed by atoms with van der Waals surface area (Å²) in [6.07, 6.45) is 1.24. The second kappa shape index (κ2) is 3.15. The Morgan fingerprint density at radius 2 is 2.33 bits per heavy atom. The van der Waals surface area contributed by atoms with E-state index in [1.54, 1.807) is 0 Å². The van der Waals surface area contributed by atoms with Gasteiger partial charge in [-0.25, -0.2) is 5.43 Å². The van der Waals surface area contributed by atoms with Gasteiger partial charge in [-0.15, -0.1) is 0 Å². The lowest BCUT2D eigenvalue weighted by molar-refractivity contribution is 0.787. The highest BCUT2D eigenvalue weighted by molar-refractivity contribution is 5.47. The molecule has 1 aliphatic rings. The van der Waals surface area contributed by atoms with Crippen molar-refractivity contribution in [2.45, 2.75) is 13.3 Å². The van der Waals surface area contributed by atoms with Crippen molar-refractivity contribution >= 4 is 5.69 Å². The highest BCUT2D eigenvalue weighted by atomic mass is 15.5. The lowest BCUT2D eigenvalue weighted by atomic mass is 10.2. The van der Waals surface area contributed by atoms with Crippen LogP contribution in [0.1, 0.15) is 12.0 Å². The standard InChI is InChI=1S/C10H14N2/c1-9-4-2-5-10(8-9)12-7-3-6-11-12/h2,4-5,8,11H,3,6-7H2,1H3. The van der Waals surface area contributed by atoms with Gasteiger partial charge in [0.2, 0.25) is 0 Å². The summed E-state index contributed by atoms with van der Waals surface area (Å²) in [6, 6.07) is 8.58. The molecule has 2 heteroatoms. The van der Waals surface area contributed by atoms with Gasteiger partial charge in [-0.1, -0.05) is 12.1 Å². The molecule has 0 bridgehead atoms. The first-order chi connectivity index (χ1) is 5.86. The number of anilines is 1. The van der Waals surface area contributed by atoms with Crippen LogP contribution in [0, 0.1) is 6.92 Å². The average Bonchev–Trinajstić information content (AvgIpc) is 2.56. The minimum absolute atomic E-state index is 1.11. The Kier molecular flexibility index (Phi) is 2.00. The van der Waals surface area contributed by atoms with Gasteiger partial charge in [0, 0.05) is 13.1 Å². The Morgan fingerprint density at radius 3 is 3.00 bits per heavy atom. The molecule has 1 saturated heterocycles. The maximum atomic E-state index is 3.33. The first kappa shape index (κ1) is 7.62. The van der Waals surface area contributed by atoms with Crippen molar-refractivity contribution in [3.63, 3.8) is 0 Å². The van der Waals surface area contributed by atoms with Crippen molar-refractivity contribution in [2.75, 3.05) is 18.1 Å². The van der Waals surface area contributed by atoms with Crippen LogP contribution in [-0.4, -0.2) is 13.1 Å². The molecule has 1 aliphatic heterocycles. The number of nitrogens with one attached hydrogen (secondary N) is 1. The minimum Gasteiger partial charge on any atom is -0.308 e.